The van der Waals surface area contributed by atoms with E-state index >= 15 is 0 Å². The number of likely N-dealkylation sites (tertiary alicyclic amines) is 1. The molecule has 4 atom stereocenters. The van der Waals surface area contributed by atoms with E-state index in [0.717, 1.165) is 48.2 Å². The number of halogens is 3. The van der Waals surface area contributed by atoms with E-state index in [1.54, 1.807) is 19.2 Å². The van der Waals surface area contributed by atoms with Gasteiger partial charge in [-0.05, 0) is 67.3 Å². The Morgan fingerprint density at radius 1 is 1.26 bits per heavy atom. The molecule has 1 saturated carbocycles. The molecule has 2 aromatic carbocycles. The molecule has 4 rings (SSSR count). The molecule has 2 aliphatic rings. The lowest BCUT2D eigenvalue weighted by Crippen LogP contribution is -2.72. The minimum Gasteiger partial charge on any atom is -0.508 e. The van der Waals surface area contributed by atoms with Crippen molar-refractivity contribution in [3.05, 3.63) is 77.9 Å². The van der Waals surface area contributed by atoms with E-state index in [1.807, 2.05) is 18.2 Å². The number of hydrogen-bond acceptors (Lipinski definition) is 3. The van der Waals surface area contributed by atoms with Gasteiger partial charge in [0, 0.05) is 36.5 Å². The molecular formula is C30H34F3N2O3+. The van der Waals surface area contributed by atoms with Gasteiger partial charge in [0.25, 0.3) is 5.91 Å². The van der Waals surface area contributed by atoms with Gasteiger partial charge >= 0.3 is 6.18 Å². The maximum absolute atomic E-state index is 12.8. The first kappa shape index (κ1) is 27.7. The van der Waals surface area contributed by atoms with Crippen molar-refractivity contribution in [3.8, 4) is 17.6 Å². The van der Waals surface area contributed by atoms with E-state index in [1.165, 1.54) is 12.1 Å². The summed E-state index contributed by atoms with van der Waals surface area (Å²) in [6, 6.07) is 11.5. The summed E-state index contributed by atoms with van der Waals surface area (Å²) in [5, 5.41) is 13.3. The molecular weight excluding hydrogens is 493 g/mol. The fourth-order valence-electron chi connectivity index (χ4n) is 6.45. The van der Waals surface area contributed by atoms with Crippen LogP contribution in [0.3, 0.4) is 0 Å². The maximum atomic E-state index is 12.8. The van der Waals surface area contributed by atoms with Crippen molar-refractivity contribution >= 4 is 5.91 Å². The fourth-order valence-corrected chi connectivity index (χ4v) is 6.45. The van der Waals surface area contributed by atoms with E-state index < -0.39 is 28.7 Å². The number of likely N-dealkylation sites (N-methyl/N-ethyl adjacent to an activating group) is 1. The number of methoxy groups -OCH3 is 1. The first-order valence-electron chi connectivity index (χ1n) is 12.7. The van der Waals surface area contributed by atoms with Crippen molar-refractivity contribution in [2.75, 3.05) is 33.8 Å². The van der Waals surface area contributed by atoms with Crippen LogP contribution in [0, 0.1) is 11.8 Å². The normalized spacial score (nSPS) is 28.9. The van der Waals surface area contributed by atoms with Crippen molar-refractivity contribution in [3.63, 3.8) is 0 Å². The lowest BCUT2D eigenvalue weighted by Gasteiger charge is -2.61. The second-order valence-corrected chi connectivity index (χ2v) is 10.8. The van der Waals surface area contributed by atoms with Crippen LogP contribution in [0.15, 0.2) is 61.2 Å². The van der Waals surface area contributed by atoms with Gasteiger partial charge in [-0.15, -0.1) is 0 Å². The Morgan fingerprint density at radius 2 is 2.00 bits per heavy atom. The Balaban J connectivity index is 1.57. The van der Waals surface area contributed by atoms with Crippen molar-refractivity contribution in [2.45, 2.75) is 48.9 Å². The van der Waals surface area contributed by atoms with E-state index in [4.69, 9.17) is 4.74 Å². The summed E-state index contributed by atoms with van der Waals surface area (Å²) in [4.78, 5) is 12.8. The molecule has 2 N–H and O–H groups in total. The van der Waals surface area contributed by atoms with Gasteiger partial charge in [0.15, 0.2) is 0 Å². The molecule has 1 aliphatic carbocycles. The monoisotopic (exact) mass is 527 g/mol. The number of piperidine rings is 1. The number of carbonyl (C=O) groups excluding carboxylic acids is 1. The zero-order valence-electron chi connectivity index (χ0n) is 21.8. The first-order chi connectivity index (χ1) is 17.9. The van der Waals surface area contributed by atoms with Gasteiger partial charge in [-0.3, -0.25) is 4.79 Å². The number of rotatable bonds is 5. The van der Waals surface area contributed by atoms with E-state index in [-0.39, 0.29) is 11.8 Å². The van der Waals surface area contributed by atoms with Gasteiger partial charge < -0.3 is 19.6 Å². The van der Waals surface area contributed by atoms with Crippen LogP contribution < -0.4 is 5.32 Å². The van der Waals surface area contributed by atoms with Crippen molar-refractivity contribution in [2.24, 2.45) is 0 Å². The Kier molecular flexibility index (Phi) is 7.64. The van der Waals surface area contributed by atoms with Crippen molar-refractivity contribution in [1.82, 2.24) is 5.32 Å². The van der Waals surface area contributed by atoms with Crippen LogP contribution in [0.5, 0.6) is 5.75 Å². The molecule has 2 fully saturated rings. The molecule has 0 aromatic heterocycles. The number of aromatic hydroxyl groups is 1. The molecule has 1 amide bonds. The average Bonchev–Trinajstić information content (AvgIpc) is 2.87. The second kappa shape index (κ2) is 10.5. The molecule has 1 unspecified atom stereocenters. The van der Waals surface area contributed by atoms with Crippen LogP contribution in [-0.4, -0.2) is 60.9 Å². The number of nitrogens with one attached hydrogen (secondary N) is 1. The molecule has 0 bridgehead atoms. The second-order valence-electron chi connectivity index (χ2n) is 10.8. The highest BCUT2D eigenvalue weighted by Crippen LogP contribution is 2.54. The lowest BCUT2D eigenvalue weighted by atomic mass is 9.54. The zero-order chi connectivity index (χ0) is 27.6. The first-order valence-corrected chi connectivity index (χ1v) is 12.7. The smallest absolute Gasteiger partial charge is 0.416 e. The molecule has 5 nitrogen and oxygen atoms in total. The summed E-state index contributed by atoms with van der Waals surface area (Å²) in [7, 11) is 3.95. The molecule has 1 saturated heterocycles. The topological polar surface area (TPSA) is 58.6 Å². The molecule has 8 heteroatoms. The zero-order valence-corrected chi connectivity index (χ0v) is 21.8. The van der Waals surface area contributed by atoms with Gasteiger partial charge in [0.2, 0.25) is 0 Å². The van der Waals surface area contributed by atoms with E-state index in [9.17, 15) is 23.1 Å². The number of ether oxygens (including phenoxy) is 1. The van der Waals surface area contributed by atoms with E-state index in [2.05, 4.69) is 30.8 Å². The number of phenols is 1. The fraction of sp³-hybridized carbons (Fsp3) is 0.433. The minimum absolute atomic E-state index is 0.175. The summed E-state index contributed by atoms with van der Waals surface area (Å²) in [5.41, 5.74) is -0.374. The Labute approximate surface area is 221 Å². The molecule has 1 aliphatic heterocycles. The summed E-state index contributed by atoms with van der Waals surface area (Å²) in [6.07, 6.45) is 0.336. The minimum atomic E-state index is -4.42. The number of amides is 1. The van der Waals surface area contributed by atoms with E-state index in [0.29, 0.717) is 24.8 Å². The highest BCUT2D eigenvalue weighted by Gasteiger charge is 2.62. The van der Waals surface area contributed by atoms with Crippen LogP contribution in [0.2, 0.25) is 0 Å². The Morgan fingerprint density at radius 3 is 2.63 bits per heavy atom. The van der Waals surface area contributed by atoms with Crippen molar-refractivity contribution in [1.29, 1.82) is 0 Å². The average molecular weight is 528 g/mol. The summed E-state index contributed by atoms with van der Waals surface area (Å²) >= 11 is 0. The van der Waals surface area contributed by atoms with Gasteiger partial charge in [0.1, 0.15) is 17.9 Å². The maximum Gasteiger partial charge on any atom is 0.416 e. The highest BCUT2D eigenvalue weighted by molar-refractivity contribution is 5.94. The molecule has 2 aromatic rings. The molecule has 0 spiro atoms. The van der Waals surface area contributed by atoms with Crippen LogP contribution in [0.4, 0.5) is 13.2 Å². The molecule has 1 heterocycles. The lowest BCUT2D eigenvalue weighted by molar-refractivity contribution is -0.918. The summed E-state index contributed by atoms with van der Waals surface area (Å²) in [5.74, 6) is 4.89. The quantitative estimate of drug-likeness (QED) is 0.334. The Bertz CT molecular complexity index is 1250. The predicted molar refractivity (Wildman–Crippen MR) is 139 cm³/mol. The van der Waals surface area contributed by atoms with Gasteiger partial charge in [0.05, 0.1) is 25.7 Å². The van der Waals surface area contributed by atoms with Gasteiger partial charge in [-0.1, -0.05) is 24.6 Å². The summed E-state index contributed by atoms with van der Waals surface area (Å²) in [6.45, 7) is 6.43. The number of nitrogens with zero attached hydrogens (tertiary/aromatic N) is 1. The number of hydrogen-bond donors (Lipinski definition) is 2. The summed E-state index contributed by atoms with van der Waals surface area (Å²) < 4.78 is 45.5. The molecule has 0 radical (unpaired) electrons. The van der Waals surface area contributed by atoms with Crippen LogP contribution >= 0.6 is 0 Å². The third-order valence-electron chi connectivity index (χ3n) is 8.31. The predicted octanol–water partition coefficient (Wildman–Crippen LogP) is 4.79. The molecule has 202 valence electrons. The highest BCUT2D eigenvalue weighted by atomic mass is 19.4. The van der Waals surface area contributed by atoms with Crippen LogP contribution in [0.25, 0.3) is 0 Å². The van der Waals surface area contributed by atoms with Crippen molar-refractivity contribution < 1.29 is 32.3 Å². The number of alkyl halides is 3. The van der Waals surface area contributed by atoms with Gasteiger partial charge in [-0.25, -0.2) is 0 Å². The van der Waals surface area contributed by atoms with Crippen LogP contribution in [0.1, 0.15) is 42.4 Å². The number of benzene rings is 2. The number of fused-ring (bicyclic) bond motifs is 1. The standard InChI is InChI=1S/C30H33F3N2O3/c1-4-17-35(2)18-16-28(24-6-5-7-26(36)19-24)20-25(14-15-29(28,21-35)38-3)34-27(37)13-10-22-8-11-23(12-9-22)30(31,32)33/h4-9,11-12,19,25H,1,14-18,20-21H2,2-3H3,(H-,34,36,37)/p+1/t25-,28+,29?,35+/m1/s1. The number of quaternary nitrogens is 1. The number of carbonyl (C=O) groups is 1. The SMILES string of the molecule is C=CC[N@@+]1(C)CC[C@@]2(c3cccc(O)c3)C[C@H](NC(=O)C#Cc3ccc(C(F)(F)F)cc3)CCC2(OC)C1. The van der Waals surface area contributed by atoms with Crippen LogP contribution in [-0.2, 0) is 21.1 Å². The van der Waals surface area contributed by atoms with Gasteiger partial charge in [-0.2, -0.15) is 13.2 Å². The third-order valence-corrected chi connectivity index (χ3v) is 8.31. The molecule has 38 heavy (non-hydrogen) atoms. The third kappa shape index (κ3) is 5.45. The Hall–Kier alpha value is -3.28. The largest absolute Gasteiger partial charge is 0.508 e. The number of phenolic OH excluding ortho intramolecular Hbond substituents is 1.